The van der Waals surface area contributed by atoms with E-state index >= 15 is 0 Å². The number of rotatable bonds is 1. The Balaban J connectivity index is 3.12. The molecule has 0 unspecified atom stereocenters. The summed E-state index contributed by atoms with van der Waals surface area (Å²) in [5, 5.41) is 14.8. The molecule has 1 rings (SSSR count). The predicted molar refractivity (Wildman–Crippen MR) is 23.5 cm³/mol. The molecule has 0 saturated heterocycles. The van der Waals surface area contributed by atoms with Crippen molar-refractivity contribution < 1.29 is 9.90 Å². The van der Waals surface area contributed by atoms with Gasteiger partial charge in [-0.2, -0.15) is 5.10 Å². The summed E-state index contributed by atoms with van der Waals surface area (Å²) in [5.41, 5.74) is -0.658. The number of carboxylic acids is 1. The minimum atomic E-state index is -1.51. The van der Waals surface area contributed by atoms with E-state index in [4.69, 9.17) is 0 Å². The molecule has 0 radical (unpaired) electrons. The fourth-order valence-electron chi connectivity index (χ4n) is 0.367. The molecule has 0 bridgehead atoms. The van der Waals surface area contributed by atoms with E-state index in [1.165, 1.54) is 0 Å². The zero-order valence-corrected chi connectivity index (χ0v) is 4.17. The lowest BCUT2D eigenvalue weighted by molar-refractivity contribution is -0.256. The smallest absolute Gasteiger partial charge is 0.340 e. The number of carbonyl (C=O) groups is 1. The molecule has 48 valence electrons. The first-order valence-corrected chi connectivity index (χ1v) is 2.06. The van der Waals surface area contributed by atoms with Gasteiger partial charge in [0.05, 0.1) is 0 Å². The molecule has 0 saturated carbocycles. The maximum atomic E-state index is 10.1. The molecule has 0 aliphatic rings. The van der Waals surface area contributed by atoms with Gasteiger partial charge in [-0.05, 0) is 0 Å². The van der Waals surface area contributed by atoms with Crippen LogP contribution in [0.3, 0.4) is 0 Å². The molecule has 6 heteroatoms. The van der Waals surface area contributed by atoms with E-state index < -0.39 is 17.5 Å². The zero-order chi connectivity index (χ0) is 6.85. The van der Waals surface area contributed by atoms with Gasteiger partial charge >= 0.3 is 5.69 Å². The summed E-state index contributed by atoms with van der Waals surface area (Å²) in [5.74, 6) is -1.99. The Labute approximate surface area is 48.5 Å². The van der Waals surface area contributed by atoms with Gasteiger partial charge < -0.3 is 9.90 Å². The van der Waals surface area contributed by atoms with Gasteiger partial charge in [-0.1, -0.05) is 0 Å². The first-order valence-electron chi connectivity index (χ1n) is 2.06. The van der Waals surface area contributed by atoms with Gasteiger partial charge in [0, 0.05) is 0 Å². The third-order valence-corrected chi connectivity index (χ3v) is 0.695. The Hall–Kier alpha value is -1.59. The van der Waals surface area contributed by atoms with Crippen molar-refractivity contribution in [2.45, 2.75) is 0 Å². The number of H-pyrrole nitrogens is 2. The largest absolute Gasteiger partial charge is 0.542 e. The summed E-state index contributed by atoms with van der Waals surface area (Å²) < 4.78 is 0. The third kappa shape index (κ3) is 0.958. The molecule has 0 aliphatic carbocycles. The van der Waals surface area contributed by atoms with Gasteiger partial charge in [-0.25, -0.2) is 9.89 Å². The fourth-order valence-corrected chi connectivity index (χ4v) is 0.367. The second-order valence-corrected chi connectivity index (χ2v) is 1.31. The molecular weight excluding hydrogens is 126 g/mol. The van der Waals surface area contributed by atoms with Crippen molar-refractivity contribution in [1.82, 2.24) is 15.2 Å². The average Bonchev–Trinajstić information content (AvgIpc) is 2.14. The van der Waals surface area contributed by atoms with E-state index in [0.29, 0.717) is 0 Å². The standard InChI is InChI=1S/C3H3N3O3/c7-2(8)1-4-3(9)6-5-1/h(H,7,8)(H2,4,5,6,9)/p-1. The van der Waals surface area contributed by atoms with Crippen LogP contribution in [0.5, 0.6) is 0 Å². The summed E-state index contributed by atoms with van der Waals surface area (Å²) in [7, 11) is 0. The van der Waals surface area contributed by atoms with Crippen molar-refractivity contribution >= 4 is 5.97 Å². The Bertz CT molecular complexity index is 272. The van der Waals surface area contributed by atoms with Gasteiger partial charge in [-0.15, -0.1) is 0 Å². The minimum Gasteiger partial charge on any atom is -0.542 e. The molecule has 0 spiro atoms. The number of carbonyl (C=O) groups excluding carboxylic acids is 1. The van der Waals surface area contributed by atoms with Crippen LogP contribution >= 0.6 is 0 Å². The fraction of sp³-hybridized carbons (Fsp3) is 0. The van der Waals surface area contributed by atoms with Crippen LogP contribution in [-0.4, -0.2) is 21.2 Å². The third-order valence-electron chi connectivity index (χ3n) is 0.695. The maximum absolute atomic E-state index is 10.1. The Kier molecular flexibility index (Phi) is 1.07. The Morgan fingerprint density at radius 2 is 2.33 bits per heavy atom. The van der Waals surface area contributed by atoms with Gasteiger partial charge in [0.15, 0.2) is 5.82 Å². The minimum absolute atomic E-state index is 0.486. The van der Waals surface area contributed by atoms with Crippen LogP contribution in [0.2, 0.25) is 0 Å². The van der Waals surface area contributed by atoms with Crippen molar-refractivity contribution in [2.24, 2.45) is 0 Å². The summed E-state index contributed by atoms with van der Waals surface area (Å²) in [6.07, 6.45) is 0. The molecular formula is C3H2N3O3-. The van der Waals surface area contributed by atoms with E-state index in [1.54, 1.807) is 0 Å². The van der Waals surface area contributed by atoms with Crippen LogP contribution in [0.15, 0.2) is 4.79 Å². The predicted octanol–water partition coefficient (Wildman–Crippen LogP) is -2.54. The van der Waals surface area contributed by atoms with Crippen molar-refractivity contribution in [1.29, 1.82) is 0 Å². The van der Waals surface area contributed by atoms with Crippen molar-refractivity contribution in [3.63, 3.8) is 0 Å². The zero-order valence-electron chi connectivity index (χ0n) is 4.17. The van der Waals surface area contributed by atoms with Gasteiger partial charge in [0.25, 0.3) is 0 Å². The summed E-state index contributed by atoms with van der Waals surface area (Å²) in [6, 6.07) is 0. The summed E-state index contributed by atoms with van der Waals surface area (Å²) in [4.78, 5) is 21.9. The van der Waals surface area contributed by atoms with Crippen LogP contribution in [-0.2, 0) is 0 Å². The quantitative estimate of drug-likeness (QED) is 0.435. The molecule has 1 aromatic rings. The first-order chi connectivity index (χ1) is 4.20. The van der Waals surface area contributed by atoms with Gasteiger partial charge in [0.1, 0.15) is 5.97 Å². The molecule has 9 heavy (non-hydrogen) atoms. The number of aromatic amines is 2. The van der Waals surface area contributed by atoms with E-state index in [0.717, 1.165) is 0 Å². The Morgan fingerprint density at radius 1 is 1.67 bits per heavy atom. The topological polar surface area (TPSA) is 102 Å². The van der Waals surface area contributed by atoms with Gasteiger partial charge in [-0.3, -0.25) is 4.98 Å². The highest BCUT2D eigenvalue weighted by atomic mass is 16.4. The molecule has 0 aliphatic heterocycles. The van der Waals surface area contributed by atoms with E-state index in [2.05, 4.69) is 5.10 Å². The van der Waals surface area contributed by atoms with Crippen LogP contribution in [0.25, 0.3) is 0 Å². The number of aromatic nitrogens is 3. The Morgan fingerprint density at radius 3 is 2.56 bits per heavy atom. The molecule has 0 atom stereocenters. The van der Waals surface area contributed by atoms with E-state index in [1.807, 2.05) is 10.1 Å². The lowest BCUT2D eigenvalue weighted by Gasteiger charge is -1.89. The number of nitrogens with zero attached hydrogens (tertiary/aromatic N) is 1. The number of hydrogen-bond acceptors (Lipinski definition) is 4. The highest BCUT2D eigenvalue weighted by Crippen LogP contribution is 1.73. The van der Waals surface area contributed by atoms with Crippen molar-refractivity contribution in [2.75, 3.05) is 0 Å². The highest BCUT2D eigenvalue weighted by Gasteiger charge is 1.94. The maximum Gasteiger partial charge on any atom is 0.340 e. The summed E-state index contributed by atoms with van der Waals surface area (Å²) in [6.45, 7) is 0. The number of carboxylic acid groups (broad SMARTS) is 1. The molecule has 6 nitrogen and oxygen atoms in total. The first kappa shape index (κ1) is 5.54. The summed E-state index contributed by atoms with van der Waals surface area (Å²) >= 11 is 0. The number of aromatic carboxylic acids is 1. The van der Waals surface area contributed by atoms with Crippen LogP contribution < -0.4 is 10.8 Å². The molecule has 1 aromatic heterocycles. The second-order valence-electron chi connectivity index (χ2n) is 1.31. The van der Waals surface area contributed by atoms with Crippen LogP contribution in [0.1, 0.15) is 10.6 Å². The lowest BCUT2D eigenvalue weighted by Crippen LogP contribution is -2.24. The van der Waals surface area contributed by atoms with Crippen LogP contribution in [0, 0.1) is 0 Å². The highest BCUT2D eigenvalue weighted by molar-refractivity contribution is 5.80. The van der Waals surface area contributed by atoms with Crippen molar-refractivity contribution in [3.05, 3.63) is 16.3 Å². The SMILES string of the molecule is O=C([O-])c1n[nH]c(=O)[nH]1. The van der Waals surface area contributed by atoms with Crippen molar-refractivity contribution in [3.8, 4) is 0 Å². The van der Waals surface area contributed by atoms with Gasteiger partial charge in [0.2, 0.25) is 0 Å². The molecule has 1 heterocycles. The normalized spacial score (nSPS) is 9.33. The van der Waals surface area contributed by atoms with E-state index in [9.17, 15) is 14.7 Å². The molecule has 2 N–H and O–H groups in total. The van der Waals surface area contributed by atoms with Crippen LogP contribution in [0.4, 0.5) is 0 Å². The number of hydrogen-bond donors (Lipinski definition) is 2. The average molecular weight is 128 g/mol. The molecule has 0 aromatic carbocycles. The van der Waals surface area contributed by atoms with E-state index in [-0.39, 0.29) is 0 Å². The monoisotopic (exact) mass is 128 g/mol. The molecule has 0 amide bonds. The lowest BCUT2D eigenvalue weighted by atomic mass is 10.7. The molecule has 0 fully saturated rings. The number of nitrogens with one attached hydrogen (secondary N) is 2. The second kappa shape index (κ2) is 1.73.